The van der Waals surface area contributed by atoms with Crippen LogP contribution in [0.5, 0.6) is 0 Å². The van der Waals surface area contributed by atoms with Crippen molar-refractivity contribution < 1.29 is 14.3 Å². The lowest BCUT2D eigenvalue weighted by atomic mass is 10.1. The van der Waals surface area contributed by atoms with Gasteiger partial charge in [0.2, 0.25) is 0 Å². The zero-order valence-electron chi connectivity index (χ0n) is 15.9. The van der Waals surface area contributed by atoms with Crippen LogP contribution in [0.2, 0.25) is 10.0 Å². The molecule has 1 aromatic heterocycles. The number of ether oxygens (including phenoxy) is 1. The summed E-state index contributed by atoms with van der Waals surface area (Å²) in [5, 5.41) is 2.79. The number of nitrogens with zero attached hydrogens (tertiary/aromatic N) is 2. The lowest BCUT2D eigenvalue weighted by molar-refractivity contribution is -0.143. The third-order valence-electron chi connectivity index (χ3n) is 4.47. The molecule has 0 aliphatic carbocycles. The highest BCUT2D eigenvalue weighted by Crippen LogP contribution is 2.28. The van der Waals surface area contributed by atoms with E-state index in [1.54, 1.807) is 17.6 Å². The van der Waals surface area contributed by atoms with Crippen molar-refractivity contribution in [1.82, 2.24) is 4.57 Å². The van der Waals surface area contributed by atoms with E-state index in [9.17, 15) is 9.59 Å². The van der Waals surface area contributed by atoms with E-state index in [0.29, 0.717) is 14.8 Å². The topological polar surface area (TPSA) is 60.7 Å². The Hall–Kier alpha value is -2.67. The smallest absolute Gasteiger partial charge is 0.326 e. The number of aromatic nitrogens is 1. The number of halogens is 2. The standard InChI is InChI=1S/C22H16Cl2N2O3S/c1-2-29-19(27)12-26-18-8-7-13-5-3-4-6-17(13)20(18)30-22(26)25-21(28)14-9-15(23)11-16(24)10-14/h3-11H,2,12H2,1H3. The number of rotatable bonds is 4. The van der Waals surface area contributed by atoms with Crippen LogP contribution in [0.1, 0.15) is 17.3 Å². The fraction of sp³-hybridized carbons (Fsp3) is 0.136. The van der Waals surface area contributed by atoms with E-state index in [0.717, 1.165) is 21.0 Å². The summed E-state index contributed by atoms with van der Waals surface area (Å²) < 4.78 is 7.75. The lowest BCUT2D eigenvalue weighted by Gasteiger charge is -2.06. The van der Waals surface area contributed by atoms with Crippen molar-refractivity contribution in [2.75, 3.05) is 6.61 Å². The highest BCUT2D eigenvalue weighted by molar-refractivity contribution is 7.17. The molecule has 1 amide bonds. The number of carbonyl (C=O) groups is 2. The largest absolute Gasteiger partial charge is 0.465 e. The molecule has 0 saturated carbocycles. The molecular formula is C22H16Cl2N2O3S. The number of hydrogen-bond donors (Lipinski definition) is 0. The van der Waals surface area contributed by atoms with E-state index in [-0.39, 0.29) is 18.7 Å². The molecule has 30 heavy (non-hydrogen) atoms. The van der Waals surface area contributed by atoms with Crippen LogP contribution in [0.3, 0.4) is 0 Å². The van der Waals surface area contributed by atoms with E-state index in [1.165, 1.54) is 23.5 Å². The minimum absolute atomic E-state index is 0.0470. The lowest BCUT2D eigenvalue weighted by Crippen LogP contribution is -2.23. The fourth-order valence-corrected chi connectivity index (χ4v) is 4.89. The monoisotopic (exact) mass is 458 g/mol. The molecule has 8 heteroatoms. The molecule has 0 unspecified atom stereocenters. The van der Waals surface area contributed by atoms with Crippen molar-refractivity contribution in [1.29, 1.82) is 0 Å². The molecule has 0 aliphatic heterocycles. The van der Waals surface area contributed by atoms with E-state index >= 15 is 0 Å². The molecular weight excluding hydrogens is 443 g/mol. The summed E-state index contributed by atoms with van der Waals surface area (Å²) >= 11 is 13.4. The van der Waals surface area contributed by atoms with Gasteiger partial charge in [-0.2, -0.15) is 4.99 Å². The maximum absolute atomic E-state index is 12.8. The Labute approximate surface area is 186 Å². The Kier molecular flexibility index (Phi) is 5.90. The maximum atomic E-state index is 12.8. The number of hydrogen-bond acceptors (Lipinski definition) is 4. The molecule has 0 atom stereocenters. The van der Waals surface area contributed by atoms with Crippen LogP contribution in [-0.2, 0) is 16.1 Å². The van der Waals surface area contributed by atoms with Crippen LogP contribution in [-0.4, -0.2) is 23.1 Å². The van der Waals surface area contributed by atoms with Gasteiger partial charge in [0.1, 0.15) is 6.54 Å². The summed E-state index contributed by atoms with van der Waals surface area (Å²) in [7, 11) is 0. The Balaban J connectivity index is 1.92. The molecule has 0 fully saturated rings. The van der Waals surface area contributed by atoms with Crippen LogP contribution in [0.25, 0.3) is 21.0 Å². The van der Waals surface area contributed by atoms with Gasteiger partial charge in [-0.05, 0) is 36.6 Å². The van der Waals surface area contributed by atoms with Crippen LogP contribution >= 0.6 is 34.5 Å². The molecule has 4 rings (SSSR count). The molecule has 0 spiro atoms. The van der Waals surface area contributed by atoms with Gasteiger partial charge in [-0.1, -0.05) is 64.9 Å². The van der Waals surface area contributed by atoms with Crippen molar-refractivity contribution in [3.8, 4) is 0 Å². The molecule has 4 aromatic rings. The van der Waals surface area contributed by atoms with Gasteiger partial charge < -0.3 is 9.30 Å². The van der Waals surface area contributed by atoms with Gasteiger partial charge in [0.15, 0.2) is 4.80 Å². The number of amides is 1. The van der Waals surface area contributed by atoms with Crippen LogP contribution < -0.4 is 4.80 Å². The van der Waals surface area contributed by atoms with Gasteiger partial charge in [0.25, 0.3) is 5.91 Å². The fourth-order valence-electron chi connectivity index (χ4n) is 3.20. The predicted octanol–water partition coefficient (Wildman–Crippen LogP) is 5.47. The van der Waals surface area contributed by atoms with Crippen LogP contribution in [0.15, 0.2) is 59.6 Å². The maximum Gasteiger partial charge on any atom is 0.326 e. The molecule has 5 nitrogen and oxygen atoms in total. The Morgan fingerprint density at radius 3 is 2.53 bits per heavy atom. The van der Waals surface area contributed by atoms with E-state index < -0.39 is 11.9 Å². The number of benzene rings is 3. The second kappa shape index (κ2) is 8.60. The number of fused-ring (bicyclic) bond motifs is 3. The first kappa shape index (κ1) is 20.6. The second-order valence-electron chi connectivity index (χ2n) is 6.49. The summed E-state index contributed by atoms with van der Waals surface area (Å²) in [6.07, 6.45) is 0. The SMILES string of the molecule is CCOC(=O)Cn1c(=NC(=O)c2cc(Cl)cc(Cl)c2)sc2c3ccccc3ccc21. The molecule has 0 N–H and O–H groups in total. The first-order valence-electron chi connectivity index (χ1n) is 9.18. The summed E-state index contributed by atoms with van der Waals surface area (Å²) in [4.78, 5) is 29.7. The van der Waals surface area contributed by atoms with E-state index in [4.69, 9.17) is 27.9 Å². The molecule has 1 heterocycles. The second-order valence-corrected chi connectivity index (χ2v) is 8.34. The molecule has 0 bridgehead atoms. The van der Waals surface area contributed by atoms with Crippen LogP contribution in [0.4, 0.5) is 0 Å². The van der Waals surface area contributed by atoms with Crippen molar-refractivity contribution in [3.63, 3.8) is 0 Å². The normalized spacial score (nSPS) is 11.9. The zero-order chi connectivity index (χ0) is 21.3. The van der Waals surface area contributed by atoms with Crippen molar-refractivity contribution in [2.45, 2.75) is 13.5 Å². The summed E-state index contributed by atoms with van der Waals surface area (Å²) in [6.45, 7) is 1.98. The zero-order valence-corrected chi connectivity index (χ0v) is 18.2. The van der Waals surface area contributed by atoms with Crippen molar-refractivity contribution in [2.24, 2.45) is 4.99 Å². The summed E-state index contributed by atoms with van der Waals surface area (Å²) in [6, 6.07) is 16.4. The van der Waals surface area contributed by atoms with Gasteiger partial charge >= 0.3 is 5.97 Å². The highest BCUT2D eigenvalue weighted by atomic mass is 35.5. The highest BCUT2D eigenvalue weighted by Gasteiger charge is 2.15. The third kappa shape index (κ3) is 4.12. The quantitative estimate of drug-likeness (QED) is 0.381. The number of carbonyl (C=O) groups excluding carboxylic acids is 2. The van der Waals surface area contributed by atoms with Gasteiger partial charge in [-0.25, -0.2) is 0 Å². The Morgan fingerprint density at radius 1 is 1.07 bits per heavy atom. The molecule has 0 radical (unpaired) electrons. The third-order valence-corrected chi connectivity index (χ3v) is 6.04. The summed E-state index contributed by atoms with van der Waals surface area (Å²) in [5.41, 5.74) is 1.08. The molecule has 0 saturated heterocycles. The van der Waals surface area contributed by atoms with Crippen LogP contribution in [0, 0.1) is 0 Å². The van der Waals surface area contributed by atoms with E-state index in [1.807, 2.05) is 36.4 Å². The first-order valence-corrected chi connectivity index (χ1v) is 10.8. The molecule has 3 aromatic carbocycles. The van der Waals surface area contributed by atoms with Gasteiger partial charge in [0, 0.05) is 21.0 Å². The first-order chi connectivity index (χ1) is 14.5. The van der Waals surface area contributed by atoms with Gasteiger partial charge in [-0.15, -0.1) is 0 Å². The van der Waals surface area contributed by atoms with Gasteiger partial charge in [-0.3, -0.25) is 9.59 Å². The number of thiazole rings is 1. The molecule has 152 valence electrons. The van der Waals surface area contributed by atoms with E-state index in [2.05, 4.69) is 4.99 Å². The predicted molar refractivity (Wildman–Crippen MR) is 120 cm³/mol. The van der Waals surface area contributed by atoms with Crippen molar-refractivity contribution in [3.05, 3.63) is 75.0 Å². The Bertz CT molecular complexity index is 1340. The average Bonchev–Trinajstić information content (AvgIpc) is 3.05. The molecule has 0 aliphatic rings. The summed E-state index contributed by atoms with van der Waals surface area (Å²) in [5.74, 6) is -0.891. The van der Waals surface area contributed by atoms with Crippen molar-refractivity contribution >= 4 is 67.4 Å². The minimum Gasteiger partial charge on any atom is -0.465 e. The number of esters is 1. The average molecular weight is 459 g/mol. The minimum atomic E-state index is -0.493. The Morgan fingerprint density at radius 2 is 1.80 bits per heavy atom. The van der Waals surface area contributed by atoms with Gasteiger partial charge in [0.05, 0.1) is 16.8 Å².